The Hall–Kier alpha value is -2.79. The van der Waals surface area contributed by atoms with Gasteiger partial charge in [-0.2, -0.15) is 0 Å². The van der Waals surface area contributed by atoms with E-state index in [1.807, 2.05) is 12.1 Å². The lowest BCUT2D eigenvalue weighted by atomic mass is 10.0. The van der Waals surface area contributed by atoms with E-state index in [2.05, 4.69) is 25.5 Å². The van der Waals surface area contributed by atoms with E-state index in [1.54, 1.807) is 6.07 Å². The van der Waals surface area contributed by atoms with Gasteiger partial charge >= 0.3 is 0 Å². The summed E-state index contributed by atoms with van der Waals surface area (Å²) in [6.07, 6.45) is 3.46. The van der Waals surface area contributed by atoms with Gasteiger partial charge in [-0.3, -0.25) is 9.78 Å². The van der Waals surface area contributed by atoms with Crippen molar-refractivity contribution in [3.63, 3.8) is 0 Å². The van der Waals surface area contributed by atoms with Crippen LogP contribution in [0.25, 0.3) is 10.9 Å². The number of carbonyl (C=O) groups excluding carboxylic acids is 1. The summed E-state index contributed by atoms with van der Waals surface area (Å²) in [6, 6.07) is 6.96. The van der Waals surface area contributed by atoms with Gasteiger partial charge < -0.3 is 25.0 Å². The Labute approximate surface area is 225 Å². The third kappa shape index (κ3) is 6.56. The lowest BCUT2D eigenvalue weighted by Gasteiger charge is -2.32. The molecule has 37 heavy (non-hydrogen) atoms. The number of pyridine rings is 2. The maximum Gasteiger partial charge on any atom is 0.263 e. The molecule has 2 aliphatic heterocycles. The zero-order chi connectivity index (χ0) is 24.4. The van der Waals surface area contributed by atoms with Crippen LogP contribution in [0.15, 0.2) is 30.5 Å². The number of amides is 1. The quantitative estimate of drug-likeness (QED) is 0.457. The van der Waals surface area contributed by atoms with Gasteiger partial charge in [-0.1, -0.05) is 0 Å². The van der Waals surface area contributed by atoms with E-state index in [0.29, 0.717) is 53.8 Å². The number of fused-ring (bicyclic) bond motifs is 2. The van der Waals surface area contributed by atoms with Gasteiger partial charge in [-0.05, 0) is 50.6 Å². The standard InChI is InChI=1S/C25H27F2N5O3.2ClH/c1-34-17-10-19-18(21(27)13-29-24(19)20(26)11-17)6-9-32-7-4-15(5-8-32)28-12-16-2-3-22-25(30-16)31-23(33)14-35-22;;/h2-3,10-11,13,15,28H,4-9,12,14H2,1H3,(H,30,31,33);2*1H. The zero-order valence-corrected chi connectivity index (χ0v) is 21.9. The minimum Gasteiger partial charge on any atom is -0.497 e. The van der Waals surface area contributed by atoms with Gasteiger partial charge in [-0.25, -0.2) is 13.8 Å². The number of halogens is 4. The number of aromatic nitrogens is 2. The topological polar surface area (TPSA) is 88.6 Å². The van der Waals surface area contributed by atoms with Crippen molar-refractivity contribution in [1.29, 1.82) is 0 Å². The van der Waals surface area contributed by atoms with E-state index in [1.165, 1.54) is 13.2 Å². The third-order valence-electron chi connectivity index (χ3n) is 6.56. The third-order valence-corrected chi connectivity index (χ3v) is 6.56. The molecule has 1 aromatic carbocycles. The maximum atomic E-state index is 14.6. The fraction of sp³-hybridized carbons (Fsp3) is 0.400. The molecule has 2 N–H and O–H groups in total. The van der Waals surface area contributed by atoms with Crippen molar-refractivity contribution in [2.75, 3.05) is 38.7 Å². The first-order valence-electron chi connectivity index (χ1n) is 11.7. The molecule has 0 saturated carbocycles. The Balaban J connectivity index is 0.00000190. The average molecular weight is 556 g/mol. The van der Waals surface area contributed by atoms with Crippen LogP contribution in [0, 0.1) is 11.6 Å². The van der Waals surface area contributed by atoms with Crippen LogP contribution in [0.4, 0.5) is 14.6 Å². The van der Waals surface area contributed by atoms with Crippen molar-refractivity contribution < 1.29 is 23.0 Å². The van der Waals surface area contributed by atoms with Gasteiger partial charge in [0, 0.05) is 36.1 Å². The molecule has 5 rings (SSSR count). The van der Waals surface area contributed by atoms with Crippen LogP contribution in [0.5, 0.6) is 11.5 Å². The number of rotatable bonds is 7. The van der Waals surface area contributed by atoms with Crippen molar-refractivity contribution in [2.24, 2.45) is 0 Å². The summed E-state index contributed by atoms with van der Waals surface area (Å²) in [5.74, 6) is 0.243. The fourth-order valence-corrected chi connectivity index (χ4v) is 4.62. The number of benzene rings is 1. The Bertz CT molecular complexity index is 1260. The Kier molecular flexibility index (Phi) is 9.83. The number of piperidine rings is 1. The van der Waals surface area contributed by atoms with E-state index < -0.39 is 11.6 Å². The molecule has 0 unspecified atom stereocenters. The summed E-state index contributed by atoms with van der Waals surface area (Å²) < 4.78 is 39.5. The highest BCUT2D eigenvalue weighted by molar-refractivity contribution is 5.94. The highest BCUT2D eigenvalue weighted by atomic mass is 35.5. The molecule has 2 aliphatic rings. The monoisotopic (exact) mass is 555 g/mol. The molecule has 0 aliphatic carbocycles. The number of nitrogens with one attached hydrogen (secondary N) is 2. The highest BCUT2D eigenvalue weighted by Gasteiger charge is 2.21. The normalized spacial score (nSPS) is 15.7. The van der Waals surface area contributed by atoms with Gasteiger partial charge in [0.1, 0.15) is 17.1 Å². The second-order valence-electron chi connectivity index (χ2n) is 8.82. The Morgan fingerprint density at radius 2 is 1.97 bits per heavy atom. The summed E-state index contributed by atoms with van der Waals surface area (Å²) in [4.78, 5) is 22.2. The summed E-state index contributed by atoms with van der Waals surface area (Å²) in [5, 5.41) is 6.72. The van der Waals surface area contributed by atoms with E-state index in [0.717, 1.165) is 37.8 Å². The number of anilines is 1. The predicted molar refractivity (Wildman–Crippen MR) is 141 cm³/mol. The van der Waals surface area contributed by atoms with Crippen LogP contribution in [0.3, 0.4) is 0 Å². The van der Waals surface area contributed by atoms with E-state index in [-0.39, 0.29) is 42.8 Å². The highest BCUT2D eigenvalue weighted by Crippen LogP contribution is 2.28. The van der Waals surface area contributed by atoms with E-state index in [9.17, 15) is 13.6 Å². The summed E-state index contributed by atoms with van der Waals surface area (Å²) in [7, 11) is 1.46. The molecule has 0 radical (unpaired) electrons. The minimum absolute atomic E-state index is 0. The molecule has 0 bridgehead atoms. The molecule has 0 spiro atoms. The van der Waals surface area contributed by atoms with Gasteiger partial charge in [0.05, 0.1) is 19.0 Å². The van der Waals surface area contributed by atoms with Crippen LogP contribution in [-0.4, -0.2) is 60.2 Å². The number of likely N-dealkylation sites (tertiary alicyclic amines) is 1. The summed E-state index contributed by atoms with van der Waals surface area (Å²) in [6.45, 7) is 3.03. The molecule has 8 nitrogen and oxygen atoms in total. The number of hydrogen-bond donors (Lipinski definition) is 2. The van der Waals surface area contributed by atoms with Crippen molar-refractivity contribution >= 4 is 47.4 Å². The van der Waals surface area contributed by atoms with Crippen LogP contribution in [0.2, 0.25) is 0 Å². The van der Waals surface area contributed by atoms with Crippen molar-refractivity contribution in [3.05, 3.63) is 53.4 Å². The molecular weight excluding hydrogens is 527 g/mol. The van der Waals surface area contributed by atoms with Gasteiger partial charge in [0.15, 0.2) is 24.0 Å². The van der Waals surface area contributed by atoms with Crippen LogP contribution >= 0.6 is 24.8 Å². The molecule has 2 aromatic heterocycles. The molecule has 1 fully saturated rings. The molecular formula is C25H29Cl2F2N5O3. The van der Waals surface area contributed by atoms with Crippen molar-refractivity contribution in [2.45, 2.75) is 31.8 Å². The number of hydrogen-bond acceptors (Lipinski definition) is 7. The fourth-order valence-electron chi connectivity index (χ4n) is 4.62. The minimum atomic E-state index is -0.518. The van der Waals surface area contributed by atoms with E-state index >= 15 is 0 Å². The largest absolute Gasteiger partial charge is 0.497 e. The van der Waals surface area contributed by atoms with Gasteiger partial charge in [0.25, 0.3) is 5.91 Å². The van der Waals surface area contributed by atoms with Crippen LogP contribution in [0.1, 0.15) is 24.1 Å². The SMILES string of the molecule is COc1cc(F)c2ncc(F)c(CCN3CCC(NCc4ccc5c(n4)NC(=O)CO5)CC3)c2c1.Cl.Cl. The lowest BCUT2D eigenvalue weighted by molar-refractivity contribution is -0.118. The Morgan fingerprint density at radius 3 is 2.73 bits per heavy atom. The first-order chi connectivity index (χ1) is 17.0. The molecule has 0 atom stereocenters. The molecule has 12 heteroatoms. The number of nitrogens with zero attached hydrogens (tertiary/aromatic N) is 3. The molecule has 3 aromatic rings. The molecule has 200 valence electrons. The maximum absolute atomic E-state index is 14.6. The molecule has 1 saturated heterocycles. The van der Waals surface area contributed by atoms with Crippen molar-refractivity contribution in [3.8, 4) is 11.5 Å². The first kappa shape index (κ1) is 28.8. The number of ether oxygens (including phenoxy) is 2. The predicted octanol–water partition coefficient (Wildman–Crippen LogP) is 3.89. The zero-order valence-electron chi connectivity index (χ0n) is 20.3. The van der Waals surface area contributed by atoms with Crippen LogP contribution < -0.4 is 20.1 Å². The second kappa shape index (κ2) is 12.6. The smallest absolute Gasteiger partial charge is 0.263 e. The van der Waals surface area contributed by atoms with Gasteiger partial charge in [-0.15, -0.1) is 24.8 Å². The van der Waals surface area contributed by atoms with E-state index in [4.69, 9.17) is 9.47 Å². The molecule has 4 heterocycles. The van der Waals surface area contributed by atoms with Crippen LogP contribution in [-0.2, 0) is 17.8 Å². The lowest BCUT2D eigenvalue weighted by Crippen LogP contribution is -2.43. The van der Waals surface area contributed by atoms with Crippen molar-refractivity contribution in [1.82, 2.24) is 20.2 Å². The number of methoxy groups -OCH3 is 1. The first-order valence-corrected chi connectivity index (χ1v) is 11.7. The number of carbonyl (C=O) groups is 1. The van der Waals surface area contributed by atoms with Gasteiger partial charge in [0.2, 0.25) is 0 Å². The second-order valence-corrected chi connectivity index (χ2v) is 8.82. The Morgan fingerprint density at radius 1 is 1.19 bits per heavy atom. The summed E-state index contributed by atoms with van der Waals surface area (Å²) >= 11 is 0. The molecule has 1 amide bonds. The average Bonchev–Trinajstić information content (AvgIpc) is 2.87. The summed E-state index contributed by atoms with van der Waals surface area (Å²) in [5.41, 5.74) is 1.45.